The minimum Gasteiger partial charge on any atom is -0.311 e. The molecular weight excluding hydrogens is 269 g/mol. The highest BCUT2D eigenvalue weighted by atomic mass is 19.4. The van der Waals surface area contributed by atoms with Gasteiger partial charge in [-0.3, -0.25) is 4.79 Å². The summed E-state index contributed by atoms with van der Waals surface area (Å²) in [5.41, 5.74) is 0.247. The Kier molecular flexibility index (Phi) is 3.74. The number of carbonyl (C=O) groups is 1. The number of hydrogen-bond acceptors (Lipinski definition) is 2. The van der Waals surface area contributed by atoms with Crippen LogP contribution in [0.4, 0.5) is 19.0 Å². The molecule has 2 rings (SSSR count). The minimum absolute atomic E-state index is 0.293. The Hall–Kier alpha value is -2.37. The molecule has 0 bridgehead atoms. The van der Waals surface area contributed by atoms with Crippen molar-refractivity contribution in [1.82, 2.24) is 4.98 Å². The zero-order chi connectivity index (χ0) is 14.8. The minimum atomic E-state index is -4.39. The lowest BCUT2D eigenvalue weighted by atomic mass is 10.0. The Morgan fingerprint density at radius 1 is 1.15 bits per heavy atom. The summed E-state index contributed by atoms with van der Waals surface area (Å²) in [7, 11) is 0. The zero-order valence-corrected chi connectivity index (χ0v) is 10.5. The zero-order valence-electron chi connectivity index (χ0n) is 10.5. The van der Waals surface area contributed by atoms with Gasteiger partial charge in [-0.1, -0.05) is 12.1 Å². The smallest absolute Gasteiger partial charge is 0.311 e. The first-order valence-electron chi connectivity index (χ1n) is 5.77. The van der Waals surface area contributed by atoms with Gasteiger partial charge in [0.2, 0.25) is 5.91 Å². The molecule has 0 aliphatic carbocycles. The van der Waals surface area contributed by atoms with Crippen LogP contribution in [0, 0.1) is 0 Å². The molecule has 1 heterocycles. The molecule has 0 spiro atoms. The summed E-state index contributed by atoms with van der Waals surface area (Å²) >= 11 is 0. The third kappa shape index (κ3) is 3.34. The van der Waals surface area contributed by atoms with E-state index in [2.05, 4.69) is 10.3 Å². The average Bonchev–Trinajstić information content (AvgIpc) is 2.37. The van der Waals surface area contributed by atoms with Gasteiger partial charge >= 0.3 is 6.18 Å². The first kappa shape index (κ1) is 14.0. The standard InChI is InChI=1S/C14H11F3N2O/c1-9(20)19-13-8-11(5-6-18-13)10-3-2-4-12(7-10)14(15,16)17/h2-8H,1H3,(H,18,19,20). The van der Waals surface area contributed by atoms with Crippen molar-refractivity contribution in [3.63, 3.8) is 0 Å². The molecule has 20 heavy (non-hydrogen) atoms. The fourth-order valence-electron chi connectivity index (χ4n) is 1.73. The van der Waals surface area contributed by atoms with Crippen LogP contribution >= 0.6 is 0 Å². The summed E-state index contributed by atoms with van der Waals surface area (Å²) in [5.74, 6) is 0.00565. The van der Waals surface area contributed by atoms with Gasteiger partial charge in [0, 0.05) is 13.1 Å². The number of nitrogens with zero attached hydrogens (tertiary/aromatic N) is 1. The van der Waals surface area contributed by atoms with Crippen LogP contribution in [0.1, 0.15) is 12.5 Å². The summed E-state index contributed by atoms with van der Waals surface area (Å²) in [6.07, 6.45) is -2.95. The lowest BCUT2D eigenvalue weighted by Crippen LogP contribution is -2.07. The monoisotopic (exact) mass is 280 g/mol. The van der Waals surface area contributed by atoms with Crippen molar-refractivity contribution in [2.24, 2.45) is 0 Å². The van der Waals surface area contributed by atoms with E-state index in [1.807, 2.05) is 0 Å². The molecule has 6 heteroatoms. The van der Waals surface area contributed by atoms with Crippen LogP contribution in [0.15, 0.2) is 42.6 Å². The van der Waals surface area contributed by atoms with E-state index in [1.54, 1.807) is 12.1 Å². The Bertz CT molecular complexity index is 638. The molecule has 1 aromatic heterocycles. The maximum absolute atomic E-state index is 12.7. The quantitative estimate of drug-likeness (QED) is 0.910. The third-order valence-corrected chi connectivity index (χ3v) is 2.59. The normalized spacial score (nSPS) is 11.2. The van der Waals surface area contributed by atoms with Gasteiger partial charge in [-0.15, -0.1) is 0 Å². The number of alkyl halides is 3. The van der Waals surface area contributed by atoms with Crippen molar-refractivity contribution in [1.29, 1.82) is 0 Å². The van der Waals surface area contributed by atoms with Crippen molar-refractivity contribution in [2.45, 2.75) is 13.1 Å². The molecule has 0 saturated heterocycles. The molecule has 3 nitrogen and oxygen atoms in total. The molecular formula is C14H11F3N2O. The molecule has 1 aromatic carbocycles. The summed E-state index contributed by atoms with van der Waals surface area (Å²) in [4.78, 5) is 14.9. The van der Waals surface area contributed by atoms with Crippen LogP contribution in [0.5, 0.6) is 0 Å². The van der Waals surface area contributed by atoms with Crippen molar-refractivity contribution in [2.75, 3.05) is 5.32 Å². The Balaban J connectivity index is 2.39. The fourth-order valence-corrected chi connectivity index (χ4v) is 1.73. The molecule has 1 N–H and O–H groups in total. The maximum Gasteiger partial charge on any atom is 0.416 e. The van der Waals surface area contributed by atoms with E-state index in [1.165, 1.54) is 25.3 Å². The molecule has 104 valence electrons. The molecule has 0 radical (unpaired) electrons. The predicted octanol–water partition coefficient (Wildman–Crippen LogP) is 3.73. The van der Waals surface area contributed by atoms with E-state index in [0.29, 0.717) is 16.9 Å². The van der Waals surface area contributed by atoms with E-state index in [-0.39, 0.29) is 5.91 Å². The van der Waals surface area contributed by atoms with E-state index < -0.39 is 11.7 Å². The summed E-state index contributed by atoms with van der Waals surface area (Å²) < 4.78 is 38.0. The van der Waals surface area contributed by atoms with Crippen molar-refractivity contribution >= 4 is 11.7 Å². The summed E-state index contributed by atoms with van der Waals surface area (Å²) in [6, 6.07) is 8.10. The average molecular weight is 280 g/mol. The second kappa shape index (κ2) is 5.32. The van der Waals surface area contributed by atoms with Gasteiger partial charge in [0.25, 0.3) is 0 Å². The third-order valence-electron chi connectivity index (χ3n) is 2.59. The van der Waals surface area contributed by atoms with Gasteiger partial charge < -0.3 is 5.32 Å². The highest BCUT2D eigenvalue weighted by molar-refractivity contribution is 5.88. The van der Waals surface area contributed by atoms with Crippen molar-refractivity contribution < 1.29 is 18.0 Å². The number of anilines is 1. The van der Waals surface area contributed by atoms with Crippen LogP contribution in [-0.2, 0) is 11.0 Å². The van der Waals surface area contributed by atoms with Crippen LogP contribution < -0.4 is 5.32 Å². The molecule has 2 aromatic rings. The summed E-state index contributed by atoms with van der Waals surface area (Å²) in [6.45, 7) is 1.33. The lowest BCUT2D eigenvalue weighted by Gasteiger charge is -2.09. The van der Waals surface area contributed by atoms with Gasteiger partial charge in [0.05, 0.1) is 5.56 Å². The second-order valence-electron chi connectivity index (χ2n) is 4.19. The number of aromatic nitrogens is 1. The van der Waals surface area contributed by atoms with Crippen LogP contribution in [-0.4, -0.2) is 10.9 Å². The molecule has 0 unspecified atom stereocenters. The topological polar surface area (TPSA) is 42.0 Å². The predicted molar refractivity (Wildman–Crippen MR) is 69.0 cm³/mol. The molecule has 0 atom stereocenters. The number of benzene rings is 1. The molecule has 1 amide bonds. The first-order chi connectivity index (χ1) is 9.36. The highest BCUT2D eigenvalue weighted by Gasteiger charge is 2.30. The maximum atomic E-state index is 12.7. The Morgan fingerprint density at radius 2 is 1.85 bits per heavy atom. The highest BCUT2D eigenvalue weighted by Crippen LogP contribution is 2.32. The second-order valence-corrected chi connectivity index (χ2v) is 4.19. The van der Waals surface area contributed by atoms with E-state index in [4.69, 9.17) is 0 Å². The molecule has 0 aliphatic rings. The SMILES string of the molecule is CC(=O)Nc1cc(-c2cccc(C(F)(F)F)c2)ccn1. The van der Waals surface area contributed by atoms with E-state index >= 15 is 0 Å². The van der Waals surface area contributed by atoms with E-state index in [0.717, 1.165) is 12.1 Å². The number of carbonyl (C=O) groups excluding carboxylic acids is 1. The van der Waals surface area contributed by atoms with Crippen LogP contribution in [0.2, 0.25) is 0 Å². The fraction of sp³-hybridized carbons (Fsp3) is 0.143. The Labute approximate surface area is 113 Å². The molecule has 0 saturated carbocycles. The number of hydrogen-bond donors (Lipinski definition) is 1. The van der Waals surface area contributed by atoms with Gasteiger partial charge in [0.1, 0.15) is 5.82 Å². The van der Waals surface area contributed by atoms with Gasteiger partial charge in [-0.2, -0.15) is 13.2 Å². The van der Waals surface area contributed by atoms with Gasteiger partial charge in [0.15, 0.2) is 0 Å². The number of rotatable bonds is 2. The largest absolute Gasteiger partial charge is 0.416 e. The summed E-state index contributed by atoms with van der Waals surface area (Å²) in [5, 5.41) is 2.49. The first-order valence-corrected chi connectivity index (χ1v) is 5.77. The number of amides is 1. The van der Waals surface area contributed by atoms with Gasteiger partial charge in [-0.05, 0) is 35.4 Å². The van der Waals surface area contributed by atoms with Crippen LogP contribution in [0.25, 0.3) is 11.1 Å². The molecule has 0 fully saturated rings. The number of pyridine rings is 1. The van der Waals surface area contributed by atoms with Crippen molar-refractivity contribution in [3.05, 3.63) is 48.2 Å². The lowest BCUT2D eigenvalue weighted by molar-refractivity contribution is -0.137. The number of halogens is 3. The van der Waals surface area contributed by atoms with E-state index in [9.17, 15) is 18.0 Å². The van der Waals surface area contributed by atoms with Crippen LogP contribution in [0.3, 0.4) is 0 Å². The van der Waals surface area contributed by atoms with Crippen molar-refractivity contribution in [3.8, 4) is 11.1 Å². The molecule has 0 aliphatic heterocycles. The number of nitrogens with one attached hydrogen (secondary N) is 1. The van der Waals surface area contributed by atoms with Gasteiger partial charge in [-0.25, -0.2) is 4.98 Å². The Morgan fingerprint density at radius 3 is 2.50 bits per heavy atom.